The normalized spacial score (nSPS) is 14.1. The monoisotopic (exact) mass is 444 g/mol. The molecule has 33 heavy (non-hydrogen) atoms. The van der Waals surface area contributed by atoms with E-state index in [9.17, 15) is 14.4 Å². The van der Waals surface area contributed by atoms with Crippen molar-refractivity contribution in [1.82, 2.24) is 24.0 Å². The molecule has 1 fully saturated rings. The van der Waals surface area contributed by atoms with Crippen LogP contribution >= 0.6 is 0 Å². The van der Waals surface area contributed by atoms with Crippen LogP contribution < -0.4 is 16.1 Å². The van der Waals surface area contributed by atoms with Gasteiger partial charge < -0.3 is 9.80 Å². The molecule has 1 saturated heterocycles. The van der Waals surface area contributed by atoms with Gasteiger partial charge in [0.25, 0.3) is 11.5 Å². The van der Waals surface area contributed by atoms with Crippen molar-refractivity contribution in [3.05, 3.63) is 92.6 Å². The van der Waals surface area contributed by atoms with E-state index in [1.165, 1.54) is 4.57 Å². The van der Waals surface area contributed by atoms with E-state index < -0.39 is 11.2 Å². The molecule has 0 atom stereocenters. The van der Waals surface area contributed by atoms with Gasteiger partial charge >= 0.3 is 5.69 Å². The van der Waals surface area contributed by atoms with E-state index in [2.05, 4.69) is 9.88 Å². The van der Waals surface area contributed by atoms with Gasteiger partial charge in [-0.1, -0.05) is 48.5 Å². The molecule has 9 heteroatoms. The summed E-state index contributed by atoms with van der Waals surface area (Å²) in [5, 5.41) is 0. The van der Waals surface area contributed by atoms with Crippen molar-refractivity contribution in [2.45, 2.75) is 6.54 Å². The van der Waals surface area contributed by atoms with Gasteiger partial charge in [0.2, 0.25) is 5.95 Å². The van der Waals surface area contributed by atoms with Crippen LogP contribution in [0.5, 0.6) is 0 Å². The van der Waals surface area contributed by atoms with Crippen molar-refractivity contribution in [3.63, 3.8) is 0 Å². The lowest BCUT2D eigenvalue weighted by Crippen LogP contribution is -2.49. The van der Waals surface area contributed by atoms with E-state index in [1.54, 1.807) is 7.05 Å². The molecule has 168 valence electrons. The predicted molar refractivity (Wildman–Crippen MR) is 126 cm³/mol. The van der Waals surface area contributed by atoms with Gasteiger partial charge in [-0.3, -0.25) is 23.7 Å². The standard InChI is InChI=1S/C24H24N6O3/c1-27-20-19(21(31)26-24(27)33)30(16-17-8-4-2-5-9-17)23(25-20)29-14-12-28(13-15-29)22(32)18-10-6-3-7-11-18/h2-11H,12-16H2,1H3,(H,26,31,33). The lowest BCUT2D eigenvalue weighted by atomic mass is 10.2. The van der Waals surface area contributed by atoms with Crippen LogP contribution in [0.4, 0.5) is 5.95 Å². The van der Waals surface area contributed by atoms with Gasteiger partial charge in [0.15, 0.2) is 11.2 Å². The number of nitrogens with one attached hydrogen (secondary N) is 1. The Labute approximate surface area is 189 Å². The number of imidazole rings is 1. The minimum atomic E-state index is -0.498. The molecule has 2 aromatic heterocycles. The summed E-state index contributed by atoms with van der Waals surface area (Å²) >= 11 is 0. The number of rotatable bonds is 4. The van der Waals surface area contributed by atoms with Crippen molar-refractivity contribution < 1.29 is 4.79 Å². The molecule has 1 amide bonds. The fourth-order valence-corrected chi connectivity index (χ4v) is 4.25. The SMILES string of the molecule is Cn1c(=O)[nH]c(=O)c2c1nc(N1CCN(C(=O)c3ccccc3)CC1)n2Cc1ccccc1. The minimum absolute atomic E-state index is 0.00637. The van der Waals surface area contributed by atoms with Gasteiger partial charge in [-0.05, 0) is 17.7 Å². The summed E-state index contributed by atoms with van der Waals surface area (Å²) in [5.41, 5.74) is 1.44. The summed E-state index contributed by atoms with van der Waals surface area (Å²) in [6.07, 6.45) is 0. The van der Waals surface area contributed by atoms with E-state index in [0.717, 1.165) is 5.56 Å². The lowest BCUT2D eigenvalue weighted by molar-refractivity contribution is 0.0746. The second-order valence-corrected chi connectivity index (χ2v) is 8.12. The highest BCUT2D eigenvalue weighted by Gasteiger charge is 2.27. The summed E-state index contributed by atoms with van der Waals surface area (Å²) in [7, 11) is 1.60. The van der Waals surface area contributed by atoms with Gasteiger partial charge in [-0.25, -0.2) is 4.79 Å². The van der Waals surface area contributed by atoms with Crippen molar-refractivity contribution in [3.8, 4) is 0 Å². The van der Waals surface area contributed by atoms with Crippen LogP contribution in [0.2, 0.25) is 0 Å². The average Bonchev–Trinajstić information content (AvgIpc) is 3.23. The largest absolute Gasteiger partial charge is 0.339 e. The topological polar surface area (TPSA) is 96.2 Å². The Hall–Kier alpha value is -4.14. The molecule has 0 bridgehead atoms. The van der Waals surface area contributed by atoms with Crippen LogP contribution in [0.3, 0.4) is 0 Å². The summed E-state index contributed by atoms with van der Waals surface area (Å²) in [5.74, 6) is 0.624. The van der Waals surface area contributed by atoms with Crippen LogP contribution in [0, 0.1) is 0 Å². The Balaban J connectivity index is 1.49. The number of fused-ring (bicyclic) bond motifs is 1. The molecule has 0 unspecified atom stereocenters. The number of carbonyl (C=O) groups is 1. The molecule has 4 aromatic rings. The number of hydrogen-bond acceptors (Lipinski definition) is 5. The molecular weight excluding hydrogens is 420 g/mol. The number of aryl methyl sites for hydroxylation is 1. The molecule has 0 radical (unpaired) electrons. The maximum absolute atomic E-state index is 12.8. The fraction of sp³-hybridized carbons (Fsp3) is 0.250. The second-order valence-electron chi connectivity index (χ2n) is 8.12. The minimum Gasteiger partial charge on any atom is -0.339 e. The molecule has 1 aliphatic heterocycles. The highest BCUT2D eigenvalue weighted by Crippen LogP contribution is 2.23. The van der Waals surface area contributed by atoms with Gasteiger partial charge in [-0.2, -0.15) is 4.98 Å². The average molecular weight is 444 g/mol. The van der Waals surface area contributed by atoms with Crippen LogP contribution in [0.25, 0.3) is 11.2 Å². The van der Waals surface area contributed by atoms with Crippen LogP contribution in [0.1, 0.15) is 15.9 Å². The van der Waals surface area contributed by atoms with E-state index in [0.29, 0.717) is 55.4 Å². The smallest absolute Gasteiger partial charge is 0.329 e. The lowest BCUT2D eigenvalue weighted by Gasteiger charge is -2.35. The second kappa shape index (κ2) is 8.42. The van der Waals surface area contributed by atoms with Crippen molar-refractivity contribution in [1.29, 1.82) is 0 Å². The van der Waals surface area contributed by atoms with Gasteiger partial charge in [0.05, 0.1) is 6.54 Å². The number of carbonyl (C=O) groups excluding carboxylic acids is 1. The molecule has 3 heterocycles. The Morgan fingerprint density at radius 2 is 1.58 bits per heavy atom. The summed E-state index contributed by atoms with van der Waals surface area (Å²) < 4.78 is 3.22. The van der Waals surface area contributed by atoms with Gasteiger partial charge in [-0.15, -0.1) is 0 Å². The summed E-state index contributed by atoms with van der Waals surface area (Å²) in [6, 6.07) is 19.1. The fourth-order valence-electron chi connectivity index (χ4n) is 4.25. The van der Waals surface area contributed by atoms with Gasteiger partial charge in [0.1, 0.15) is 0 Å². The van der Waals surface area contributed by atoms with Crippen molar-refractivity contribution >= 4 is 23.0 Å². The number of piperazine rings is 1. The summed E-state index contributed by atoms with van der Waals surface area (Å²) in [6.45, 7) is 2.66. The molecule has 1 aliphatic rings. The van der Waals surface area contributed by atoms with Crippen LogP contribution in [-0.4, -0.2) is 56.1 Å². The van der Waals surface area contributed by atoms with Crippen LogP contribution in [0.15, 0.2) is 70.3 Å². The zero-order chi connectivity index (χ0) is 22.9. The van der Waals surface area contributed by atoms with Crippen LogP contribution in [-0.2, 0) is 13.6 Å². The molecule has 1 N–H and O–H groups in total. The number of anilines is 1. The maximum Gasteiger partial charge on any atom is 0.329 e. The van der Waals surface area contributed by atoms with Crippen molar-refractivity contribution in [2.24, 2.45) is 7.05 Å². The third-order valence-electron chi connectivity index (χ3n) is 6.04. The first-order valence-electron chi connectivity index (χ1n) is 10.9. The zero-order valence-corrected chi connectivity index (χ0v) is 18.3. The first-order valence-corrected chi connectivity index (χ1v) is 10.9. The zero-order valence-electron chi connectivity index (χ0n) is 18.3. The third kappa shape index (κ3) is 3.82. The molecule has 0 saturated carbocycles. The third-order valence-corrected chi connectivity index (χ3v) is 6.04. The highest BCUT2D eigenvalue weighted by atomic mass is 16.2. The quantitative estimate of drug-likeness (QED) is 0.514. The van der Waals surface area contributed by atoms with Gasteiger partial charge in [0, 0.05) is 38.8 Å². The number of aromatic amines is 1. The molecule has 9 nitrogen and oxygen atoms in total. The number of hydrogen-bond donors (Lipinski definition) is 1. The number of benzene rings is 2. The Morgan fingerprint density at radius 1 is 0.939 bits per heavy atom. The number of aromatic nitrogens is 4. The predicted octanol–water partition coefficient (Wildman–Crippen LogP) is 1.43. The highest BCUT2D eigenvalue weighted by molar-refractivity contribution is 5.94. The Bertz CT molecular complexity index is 1410. The Morgan fingerprint density at radius 3 is 2.24 bits per heavy atom. The van der Waals surface area contributed by atoms with E-state index in [4.69, 9.17) is 4.98 Å². The first-order chi connectivity index (χ1) is 16.0. The molecular formula is C24H24N6O3. The number of nitrogens with zero attached hydrogens (tertiary/aromatic N) is 5. The van der Waals surface area contributed by atoms with E-state index >= 15 is 0 Å². The van der Waals surface area contributed by atoms with E-state index in [-0.39, 0.29) is 5.91 Å². The maximum atomic E-state index is 12.8. The molecule has 0 aliphatic carbocycles. The van der Waals surface area contributed by atoms with Crippen molar-refractivity contribution in [2.75, 3.05) is 31.1 Å². The first kappa shape index (κ1) is 20.7. The van der Waals surface area contributed by atoms with E-state index in [1.807, 2.05) is 70.1 Å². The molecule has 5 rings (SSSR count). The molecule has 0 spiro atoms. The Kier molecular flexibility index (Phi) is 5.29. The summed E-state index contributed by atoms with van der Waals surface area (Å²) in [4.78, 5) is 48.7. The number of H-pyrrole nitrogens is 1. The number of amides is 1. The molecule has 2 aromatic carbocycles.